The third-order valence-electron chi connectivity index (χ3n) is 3.81. The van der Waals surface area contributed by atoms with Crippen LogP contribution in [-0.4, -0.2) is 23.6 Å². The van der Waals surface area contributed by atoms with Gasteiger partial charge in [-0.15, -0.1) is 0 Å². The summed E-state index contributed by atoms with van der Waals surface area (Å²) < 4.78 is 11.3. The highest BCUT2D eigenvalue weighted by Crippen LogP contribution is 2.22. The highest BCUT2D eigenvalue weighted by Gasteiger charge is 2.16. The van der Waals surface area contributed by atoms with Gasteiger partial charge in [0.15, 0.2) is 6.10 Å². The van der Waals surface area contributed by atoms with E-state index in [4.69, 9.17) is 9.47 Å². The molecule has 128 valence electrons. The summed E-state index contributed by atoms with van der Waals surface area (Å²) in [4.78, 5) is 16.5. The van der Waals surface area contributed by atoms with Crippen LogP contribution in [0.3, 0.4) is 0 Å². The van der Waals surface area contributed by atoms with E-state index >= 15 is 0 Å². The van der Waals surface area contributed by atoms with Crippen molar-refractivity contribution in [2.24, 2.45) is 0 Å². The zero-order chi connectivity index (χ0) is 17.5. The average Bonchev–Trinajstić information content (AvgIpc) is 2.58. The molecule has 0 bridgehead atoms. The number of carbonyl (C=O) groups is 1. The number of aromatic nitrogens is 1. The summed E-state index contributed by atoms with van der Waals surface area (Å²) in [5.41, 5.74) is 3.02. The highest BCUT2D eigenvalue weighted by molar-refractivity contribution is 5.80. The lowest BCUT2D eigenvalue weighted by Gasteiger charge is -2.17. The number of nitrogens with one attached hydrogen (secondary N) is 1. The number of amides is 1. The van der Waals surface area contributed by atoms with Crippen LogP contribution in [0.5, 0.6) is 11.6 Å². The van der Waals surface area contributed by atoms with Crippen molar-refractivity contribution in [3.8, 4) is 11.6 Å². The maximum absolute atomic E-state index is 12.3. The quantitative estimate of drug-likeness (QED) is 0.848. The predicted molar refractivity (Wildman–Crippen MR) is 93.3 cm³/mol. The third-order valence-corrected chi connectivity index (χ3v) is 3.81. The molecule has 0 radical (unpaired) electrons. The van der Waals surface area contributed by atoms with E-state index in [-0.39, 0.29) is 5.91 Å². The van der Waals surface area contributed by atoms with Crippen molar-refractivity contribution < 1.29 is 14.3 Å². The van der Waals surface area contributed by atoms with E-state index in [2.05, 4.69) is 10.3 Å². The molecule has 5 heteroatoms. The number of ether oxygens (including phenoxy) is 2. The zero-order valence-corrected chi connectivity index (χ0v) is 14.6. The second-order valence-corrected chi connectivity index (χ2v) is 5.58. The number of benzene rings is 1. The fourth-order valence-electron chi connectivity index (χ4n) is 2.25. The van der Waals surface area contributed by atoms with Crippen molar-refractivity contribution in [3.05, 3.63) is 53.2 Å². The van der Waals surface area contributed by atoms with Gasteiger partial charge >= 0.3 is 0 Å². The third kappa shape index (κ3) is 4.47. The molecule has 0 aliphatic heterocycles. The van der Waals surface area contributed by atoms with Crippen LogP contribution in [-0.2, 0) is 11.3 Å². The monoisotopic (exact) mass is 328 g/mol. The van der Waals surface area contributed by atoms with Crippen LogP contribution >= 0.6 is 0 Å². The van der Waals surface area contributed by atoms with Crippen LogP contribution < -0.4 is 14.8 Å². The van der Waals surface area contributed by atoms with Crippen molar-refractivity contribution in [3.63, 3.8) is 0 Å². The molecule has 24 heavy (non-hydrogen) atoms. The molecule has 5 nitrogen and oxygen atoms in total. The normalized spacial score (nSPS) is 11.7. The maximum atomic E-state index is 12.3. The Morgan fingerprint density at radius 3 is 2.79 bits per heavy atom. The molecular weight excluding hydrogens is 304 g/mol. The van der Waals surface area contributed by atoms with Gasteiger partial charge < -0.3 is 14.8 Å². The van der Waals surface area contributed by atoms with E-state index in [9.17, 15) is 4.79 Å². The number of nitrogens with zero attached hydrogens (tertiary/aromatic N) is 1. The van der Waals surface area contributed by atoms with Crippen molar-refractivity contribution in [2.75, 3.05) is 6.61 Å². The Labute approximate surface area is 143 Å². The number of aryl methyl sites for hydroxylation is 1. The van der Waals surface area contributed by atoms with Gasteiger partial charge in [0.25, 0.3) is 5.91 Å². The summed E-state index contributed by atoms with van der Waals surface area (Å²) in [5.74, 6) is 1.10. The molecule has 1 N–H and O–H groups in total. The molecule has 1 aromatic heterocycles. The van der Waals surface area contributed by atoms with Crippen LogP contribution in [0.2, 0.25) is 0 Å². The first kappa shape index (κ1) is 17.8. The molecular formula is C19H24N2O3. The van der Waals surface area contributed by atoms with E-state index < -0.39 is 6.10 Å². The number of hydrogen-bond acceptors (Lipinski definition) is 4. The summed E-state index contributed by atoms with van der Waals surface area (Å²) in [6.45, 7) is 8.53. The molecule has 1 unspecified atom stereocenters. The molecule has 0 aliphatic carbocycles. The molecule has 0 fully saturated rings. The molecule has 0 saturated heterocycles. The van der Waals surface area contributed by atoms with Gasteiger partial charge in [-0.2, -0.15) is 0 Å². The van der Waals surface area contributed by atoms with Gasteiger partial charge in [-0.25, -0.2) is 4.98 Å². The minimum absolute atomic E-state index is 0.179. The van der Waals surface area contributed by atoms with Gasteiger partial charge in [0.1, 0.15) is 5.75 Å². The van der Waals surface area contributed by atoms with Crippen molar-refractivity contribution in [1.29, 1.82) is 0 Å². The Bertz CT molecular complexity index is 701. The fraction of sp³-hybridized carbons (Fsp3) is 0.368. The topological polar surface area (TPSA) is 60.5 Å². The molecule has 1 aromatic carbocycles. The number of rotatable bonds is 7. The largest absolute Gasteiger partial charge is 0.481 e. The van der Waals surface area contributed by atoms with Gasteiger partial charge in [-0.1, -0.05) is 18.2 Å². The summed E-state index contributed by atoms with van der Waals surface area (Å²) in [5, 5.41) is 2.87. The molecule has 1 heterocycles. The van der Waals surface area contributed by atoms with Crippen molar-refractivity contribution in [2.45, 2.75) is 40.3 Å². The second kappa shape index (κ2) is 8.34. The summed E-state index contributed by atoms with van der Waals surface area (Å²) in [7, 11) is 0. The Morgan fingerprint density at radius 2 is 2.04 bits per heavy atom. The predicted octanol–water partition coefficient (Wildman–Crippen LogP) is 3.18. The second-order valence-electron chi connectivity index (χ2n) is 5.58. The number of carbonyl (C=O) groups excluding carboxylic acids is 1. The van der Waals surface area contributed by atoms with E-state index in [1.807, 2.05) is 51.1 Å². The lowest BCUT2D eigenvalue weighted by molar-refractivity contribution is -0.127. The Hall–Kier alpha value is -2.56. The van der Waals surface area contributed by atoms with Crippen LogP contribution in [0, 0.1) is 13.8 Å². The van der Waals surface area contributed by atoms with E-state index in [0.29, 0.717) is 19.0 Å². The highest BCUT2D eigenvalue weighted by atomic mass is 16.5. The van der Waals surface area contributed by atoms with Gasteiger partial charge in [-0.05, 0) is 51.0 Å². The van der Waals surface area contributed by atoms with Gasteiger partial charge in [0, 0.05) is 18.3 Å². The first-order valence-electron chi connectivity index (χ1n) is 8.10. The van der Waals surface area contributed by atoms with E-state index in [1.165, 1.54) is 0 Å². The van der Waals surface area contributed by atoms with E-state index in [0.717, 1.165) is 22.4 Å². The zero-order valence-electron chi connectivity index (χ0n) is 14.6. The Kier molecular flexibility index (Phi) is 6.18. The van der Waals surface area contributed by atoms with Crippen LogP contribution in [0.15, 0.2) is 36.5 Å². The minimum atomic E-state index is -0.585. The maximum Gasteiger partial charge on any atom is 0.261 e. The first-order chi connectivity index (χ1) is 11.5. The molecule has 2 aromatic rings. The molecule has 0 spiro atoms. The first-order valence-corrected chi connectivity index (χ1v) is 8.10. The smallest absolute Gasteiger partial charge is 0.261 e. The average molecular weight is 328 g/mol. The molecule has 1 amide bonds. The van der Waals surface area contributed by atoms with Gasteiger partial charge in [0.2, 0.25) is 5.88 Å². The van der Waals surface area contributed by atoms with Gasteiger partial charge in [0.05, 0.1) is 6.61 Å². The SMILES string of the molecule is CCOc1ncccc1CNC(=O)C(C)Oc1cccc(C)c1C. The summed E-state index contributed by atoms with van der Waals surface area (Å²) >= 11 is 0. The van der Waals surface area contributed by atoms with Crippen molar-refractivity contribution in [1.82, 2.24) is 10.3 Å². The van der Waals surface area contributed by atoms with Crippen LogP contribution in [0.25, 0.3) is 0 Å². The molecule has 1 atom stereocenters. The Balaban J connectivity index is 1.96. The molecule has 2 rings (SSSR count). The molecule has 0 aliphatic rings. The van der Waals surface area contributed by atoms with Gasteiger partial charge in [-0.3, -0.25) is 4.79 Å². The standard InChI is InChI=1S/C19H24N2O3/c1-5-23-19-16(9-7-11-20-19)12-21-18(22)15(4)24-17-10-6-8-13(2)14(17)3/h6-11,15H,5,12H2,1-4H3,(H,21,22). The summed E-state index contributed by atoms with van der Waals surface area (Å²) in [6, 6.07) is 9.52. The Morgan fingerprint density at radius 1 is 1.25 bits per heavy atom. The molecule has 0 saturated carbocycles. The van der Waals surface area contributed by atoms with Crippen molar-refractivity contribution >= 4 is 5.91 Å². The lowest BCUT2D eigenvalue weighted by Crippen LogP contribution is -2.36. The van der Waals surface area contributed by atoms with Crippen LogP contribution in [0.4, 0.5) is 0 Å². The van der Waals surface area contributed by atoms with Crippen LogP contribution in [0.1, 0.15) is 30.5 Å². The summed E-state index contributed by atoms with van der Waals surface area (Å²) in [6.07, 6.45) is 1.08. The van der Waals surface area contributed by atoms with E-state index in [1.54, 1.807) is 13.1 Å². The lowest BCUT2D eigenvalue weighted by atomic mass is 10.1. The minimum Gasteiger partial charge on any atom is -0.481 e. The number of pyridine rings is 1. The number of hydrogen-bond donors (Lipinski definition) is 1. The fourth-order valence-corrected chi connectivity index (χ4v) is 2.25.